The van der Waals surface area contributed by atoms with Crippen molar-refractivity contribution in [3.05, 3.63) is 58.1 Å². The standard InChI is InChI=1S/C19H21Cl2N3O3S/c1-22(2)28(26,27)16-7-8-18(21)17(13-16)19(25)24-11-9-23(10-12-24)15-5-3-14(20)4-6-15/h3-8,13H,9-12H2,1-2H3. The number of sulfonamides is 1. The molecular weight excluding hydrogens is 421 g/mol. The Labute approximate surface area is 175 Å². The van der Waals surface area contributed by atoms with Crippen molar-refractivity contribution >= 4 is 44.8 Å². The molecule has 2 aromatic carbocycles. The van der Waals surface area contributed by atoms with E-state index in [0.717, 1.165) is 9.99 Å². The van der Waals surface area contributed by atoms with E-state index in [-0.39, 0.29) is 21.4 Å². The predicted molar refractivity (Wildman–Crippen MR) is 112 cm³/mol. The molecule has 1 saturated heterocycles. The zero-order valence-electron chi connectivity index (χ0n) is 15.6. The Hall–Kier alpha value is -1.80. The van der Waals surface area contributed by atoms with Crippen molar-refractivity contribution < 1.29 is 13.2 Å². The summed E-state index contributed by atoms with van der Waals surface area (Å²) < 4.78 is 25.8. The lowest BCUT2D eigenvalue weighted by atomic mass is 10.1. The van der Waals surface area contributed by atoms with Gasteiger partial charge in [0.25, 0.3) is 5.91 Å². The van der Waals surface area contributed by atoms with Crippen molar-refractivity contribution in [2.45, 2.75) is 4.90 Å². The van der Waals surface area contributed by atoms with E-state index in [4.69, 9.17) is 23.2 Å². The van der Waals surface area contributed by atoms with Gasteiger partial charge in [0.15, 0.2) is 0 Å². The first kappa shape index (κ1) is 20.9. The smallest absolute Gasteiger partial charge is 0.255 e. The van der Waals surface area contributed by atoms with Crippen LogP contribution in [0, 0.1) is 0 Å². The van der Waals surface area contributed by atoms with E-state index < -0.39 is 10.0 Å². The van der Waals surface area contributed by atoms with E-state index in [0.29, 0.717) is 31.2 Å². The molecule has 1 heterocycles. The zero-order valence-corrected chi connectivity index (χ0v) is 17.9. The molecule has 6 nitrogen and oxygen atoms in total. The van der Waals surface area contributed by atoms with E-state index in [2.05, 4.69) is 4.90 Å². The number of rotatable bonds is 4. The van der Waals surface area contributed by atoms with Crippen LogP contribution in [0.25, 0.3) is 0 Å². The third-order valence-corrected chi connectivity index (χ3v) is 7.10. The molecule has 0 radical (unpaired) electrons. The van der Waals surface area contributed by atoms with Gasteiger partial charge in [-0.05, 0) is 42.5 Å². The highest BCUT2D eigenvalue weighted by atomic mass is 35.5. The molecule has 2 aromatic rings. The minimum absolute atomic E-state index is 0.0463. The van der Waals surface area contributed by atoms with E-state index >= 15 is 0 Å². The van der Waals surface area contributed by atoms with Crippen LogP contribution >= 0.6 is 23.2 Å². The summed E-state index contributed by atoms with van der Waals surface area (Å²) in [5.74, 6) is -0.267. The Balaban J connectivity index is 1.76. The molecular formula is C19H21Cl2N3O3S. The van der Waals surface area contributed by atoms with E-state index in [1.165, 1.54) is 32.3 Å². The molecule has 0 aliphatic carbocycles. The Kier molecular flexibility index (Phi) is 6.19. The van der Waals surface area contributed by atoms with E-state index in [1.807, 2.05) is 24.3 Å². The molecule has 1 aliphatic heterocycles. The molecule has 1 aliphatic rings. The molecule has 0 atom stereocenters. The van der Waals surface area contributed by atoms with Crippen LogP contribution in [0.5, 0.6) is 0 Å². The molecule has 0 saturated carbocycles. The lowest BCUT2D eigenvalue weighted by Crippen LogP contribution is -2.48. The van der Waals surface area contributed by atoms with E-state index in [9.17, 15) is 13.2 Å². The predicted octanol–water partition coefficient (Wildman–Crippen LogP) is 3.21. The van der Waals surface area contributed by atoms with Crippen molar-refractivity contribution in [1.82, 2.24) is 9.21 Å². The number of hydrogen-bond acceptors (Lipinski definition) is 4. The Morgan fingerprint density at radius 3 is 2.14 bits per heavy atom. The van der Waals surface area contributed by atoms with Crippen LogP contribution in [-0.2, 0) is 10.0 Å². The van der Waals surface area contributed by atoms with Gasteiger partial charge in [-0.25, -0.2) is 12.7 Å². The number of piperazine rings is 1. The fraction of sp³-hybridized carbons (Fsp3) is 0.316. The second kappa shape index (κ2) is 8.29. The Morgan fingerprint density at radius 1 is 0.964 bits per heavy atom. The molecule has 9 heteroatoms. The maximum absolute atomic E-state index is 13.0. The van der Waals surface area contributed by atoms with Gasteiger partial charge in [-0.2, -0.15) is 0 Å². The average molecular weight is 442 g/mol. The van der Waals surface area contributed by atoms with Gasteiger partial charge in [0.1, 0.15) is 0 Å². The average Bonchev–Trinajstić information content (AvgIpc) is 2.68. The van der Waals surface area contributed by atoms with Crippen LogP contribution in [0.2, 0.25) is 10.0 Å². The number of carbonyl (C=O) groups is 1. The topological polar surface area (TPSA) is 60.9 Å². The quantitative estimate of drug-likeness (QED) is 0.730. The van der Waals surface area contributed by atoms with Crippen LogP contribution in [0.15, 0.2) is 47.4 Å². The molecule has 0 bridgehead atoms. The van der Waals surface area contributed by atoms with Crippen LogP contribution < -0.4 is 4.90 Å². The van der Waals surface area contributed by atoms with E-state index in [1.54, 1.807) is 4.90 Å². The number of amides is 1. The van der Waals surface area contributed by atoms with Crippen LogP contribution in [0.3, 0.4) is 0 Å². The first-order valence-electron chi connectivity index (χ1n) is 8.72. The molecule has 0 unspecified atom stereocenters. The fourth-order valence-corrected chi connectivity index (χ4v) is 4.28. The fourth-order valence-electron chi connectivity index (χ4n) is 3.03. The largest absolute Gasteiger partial charge is 0.368 e. The van der Waals surface area contributed by atoms with Gasteiger partial charge in [-0.1, -0.05) is 23.2 Å². The highest BCUT2D eigenvalue weighted by Crippen LogP contribution is 2.25. The summed E-state index contributed by atoms with van der Waals surface area (Å²) in [6.45, 7) is 2.37. The van der Waals surface area contributed by atoms with Gasteiger partial charge in [0.05, 0.1) is 15.5 Å². The van der Waals surface area contributed by atoms with Crippen molar-refractivity contribution in [3.63, 3.8) is 0 Å². The van der Waals surface area contributed by atoms with Crippen LogP contribution in [0.1, 0.15) is 10.4 Å². The third kappa shape index (κ3) is 4.27. The van der Waals surface area contributed by atoms with Crippen molar-refractivity contribution in [3.8, 4) is 0 Å². The second-order valence-electron chi connectivity index (χ2n) is 6.68. The number of carbonyl (C=O) groups excluding carboxylic acids is 1. The minimum atomic E-state index is -3.64. The van der Waals surface area contributed by atoms with Gasteiger partial charge < -0.3 is 9.80 Å². The normalized spacial score (nSPS) is 15.2. The molecule has 28 heavy (non-hydrogen) atoms. The molecule has 3 rings (SSSR count). The SMILES string of the molecule is CN(C)S(=O)(=O)c1ccc(Cl)c(C(=O)N2CCN(c3ccc(Cl)cc3)CC2)c1. The third-order valence-electron chi connectivity index (χ3n) is 4.71. The molecule has 150 valence electrons. The highest BCUT2D eigenvalue weighted by Gasteiger charge is 2.26. The number of benzene rings is 2. The summed E-state index contributed by atoms with van der Waals surface area (Å²) in [5, 5.41) is 0.919. The lowest BCUT2D eigenvalue weighted by molar-refractivity contribution is 0.0746. The summed E-state index contributed by atoms with van der Waals surface area (Å²) in [4.78, 5) is 16.9. The highest BCUT2D eigenvalue weighted by molar-refractivity contribution is 7.89. The lowest BCUT2D eigenvalue weighted by Gasteiger charge is -2.36. The summed E-state index contributed by atoms with van der Waals surface area (Å²) in [6.07, 6.45) is 0. The zero-order chi connectivity index (χ0) is 20.5. The van der Waals surface area contributed by atoms with Crippen LogP contribution in [0.4, 0.5) is 5.69 Å². The number of anilines is 1. The van der Waals surface area contributed by atoms with Gasteiger partial charge >= 0.3 is 0 Å². The number of nitrogens with zero attached hydrogens (tertiary/aromatic N) is 3. The number of halogens is 2. The molecule has 1 fully saturated rings. The molecule has 0 N–H and O–H groups in total. The molecule has 0 spiro atoms. The van der Waals surface area contributed by atoms with Crippen molar-refractivity contribution in [1.29, 1.82) is 0 Å². The number of hydrogen-bond donors (Lipinski definition) is 0. The van der Waals surface area contributed by atoms with Gasteiger partial charge in [-0.3, -0.25) is 4.79 Å². The molecule has 0 aromatic heterocycles. The maximum atomic E-state index is 13.0. The van der Waals surface area contributed by atoms with Gasteiger partial charge in [0, 0.05) is 51.0 Å². The summed E-state index contributed by atoms with van der Waals surface area (Å²) in [6, 6.07) is 11.8. The second-order valence-corrected chi connectivity index (χ2v) is 9.68. The van der Waals surface area contributed by atoms with Gasteiger partial charge in [0.2, 0.25) is 10.0 Å². The maximum Gasteiger partial charge on any atom is 0.255 e. The van der Waals surface area contributed by atoms with Crippen molar-refractivity contribution in [2.24, 2.45) is 0 Å². The Bertz CT molecular complexity index is 970. The monoisotopic (exact) mass is 441 g/mol. The van der Waals surface area contributed by atoms with Crippen LogP contribution in [-0.4, -0.2) is 63.8 Å². The first-order valence-corrected chi connectivity index (χ1v) is 10.9. The summed E-state index contributed by atoms with van der Waals surface area (Å²) >= 11 is 12.1. The Morgan fingerprint density at radius 2 is 1.57 bits per heavy atom. The molecule has 1 amide bonds. The first-order chi connectivity index (χ1) is 13.2. The summed E-state index contributed by atoms with van der Waals surface area (Å²) in [7, 11) is -0.752. The van der Waals surface area contributed by atoms with Crippen molar-refractivity contribution in [2.75, 3.05) is 45.2 Å². The summed E-state index contributed by atoms with van der Waals surface area (Å²) in [5.41, 5.74) is 1.25. The minimum Gasteiger partial charge on any atom is -0.368 e. The van der Waals surface area contributed by atoms with Gasteiger partial charge in [-0.15, -0.1) is 0 Å².